The number of aliphatic hydroxyl groups is 1. The molecule has 1 rings (SSSR count). The Balaban J connectivity index is 2.78. The minimum absolute atomic E-state index is 0.0670. The summed E-state index contributed by atoms with van der Waals surface area (Å²) < 4.78 is 27.1. The summed E-state index contributed by atoms with van der Waals surface area (Å²) in [6.07, 6.45) is 4.00. The highest BCUT2D eigenvalue weighted by Gasteiger charge is 2.25. The summed E-state index contributed by atoms with van der Waals surface area (Å²) in [4.78, 5) is 0.0670. The van der Waals surface area contributed by atoms with Crippen molar-refractivity contribution in [3.05, 3.63) is 11.4 Å². The van der Waals surface area contributed by atoms with Crippen LogP contribution < -0.4 is 4.72 Å². The first-order valence-electron chi connectivity index (χ1n) is 6.59. The summed E-state index contributed by atoms with van der Waals surface area (Å²) in [6, 6.07) is -0.127. The van der Waals surface area contributed by atoms with E-state index >= 15 is 0 Å². The van der Waals surface area contributed by atoms with Gasteiger partial charge >= 0.3 is 0 Å². The minimum Gasteiger partial charge on any atom is -0.390 e. The number of rotatable bonds is 8. The highest BCUT2D eigenvalue weighted by molar-refractivity contribution is 7.89. The van der Waals surface area contributed by atoms with Gasteiger partial charge < -0.3 is 5.11 Å². The highest BCUT2D eigenvalue weighted by Crippen LogP contribution is 2.18. The Labute approximate surface area is 114 Å². The third-order valence-electron chi connectivity index (χ3n) is 2.98. The number of nitrogens with one attached hydrogen (secondary N) is 2. The second kappa shape index (κ2) is 7.02. The summed E-state index contributed by atoms with van der Waals surface area (Å²) in [5.74, 6) is 0. The van der Waals surface area contributed by atoms with E-state index in [1.165, 1.54) is 0 Å². The minimum atomic E-state index is -3.63. The lowest BCUT2D eigenvalue weighted by Gasteiger charge is -2.14. The highest BCUT2D eigenvalue weighted by atomic mass is 32.2. The molecule has 0 aliphatic heterocycles. The number of unbranched alkanes of at least 4 members (excludes halogenated alkanes) is 2. The van der Waals surface area contributed by atoms with Crippen LogP contribution in [0.15, 0.2) is 4.90 Å². The first-order chi connectivity index (χ1) is 8.92. The molecule has 7 heteroatoms. The van der Waals surface area contributed by atoms with E-state index in [4.69, 9.17) is 5.11 Å². The van der Waals surface area contributed by atoms with E-state index < -0.39 is 16.6 Å². The van der Waals surface area contributed by atoms with Gasteiger partial charge in [0.25, 0.3) is 0 Å². The largest absolute Gasteiger partial charge is 0.390 e. The number of aliphatic hydroxyl groups excluding tert-OH is 1. The van der Waals surface area contributed by atoms with Gasteiger partial charge in [0.05, 0.1) is 12.3 Å². The molecule has 19 heavy (non-hydrogen) atoms. The molecule has 6 nitrogen and oxygen atoms in total. The fourth-order valence-electron chi connectivity index (χ4n) is 2.02. The van der Waals surface area contributed by atoms with Crippen molar-refractivity contribution in [1.29, 1.82) is 0 Å². The predicted octanol–water partition coefficient (Wildman–Crippen LogP) is 1.46. The van der Waals surface area contributed by atoms with Crippen LogP contribution in [0.1, 0.15) is 50.9 Å². The summed E-state index contributed by atoms with van der Waals surface area (Å²) in [5.41, 5.74) is 0.600. The number of sulfonamides is 1. The van der Waals surface area contributed by atoms with E-state index in [0.29, 0.717) is 5.69 Å². The molecule has 1 heterocycles. The fraction of sp³-hybridized carbons (Fsp3) is 0.750. The second-order valence-electron chi connectivity index (χ2n) is 4.80. The molecule has 110 valence electrons. The first kappa shape index (κ1) is 16.1. The Morgan fingerprint density at radius 3 is 2.68 bits per heavy atom. The number of hydrogen-bond acceptors (Lipinski definition) is 4. The van der Waals surface area contributed by atoms with Crippen LogP contribution in [0.3, 0.4) is 0 Å². The number of aromatic nitrogens is 2. The standard InChI is InChI=1S/C12H23N3O3S/c1-4-5-6-7-9(2)15-19(17,18)12-10(3)13-14-11(12)8-16/h9,15-16H,4-8H2,1-3H3,(H,13,14). The van der Waals surface area contributed by atoms with Crippen LogP contribution in [0.5, 0.6) is 0 Å². The average molecular weight is 289 g/mol. The van der Waals surface area contributed by atoms with Crippen LogP contribution in [-0.4, -0.2) is 29.8 Å². The van der Waals surface area contributed by atoms with Crippen molar-refractivity contribution in [3.63, 3.8) is 0 Å². The van der Waals surface area contributed by atoms with Gasteiger partial charge in [-0.05, 0) is 20.3 Å². The second-order valence-corrected chi connectivity index (χ2v) is 6.45. The molecule has 1 atom stereocenters. The van der Waals surface area contributed by atoms with Gasteiger partial charge in [-0.25, -0.2) is 13.1 Å². The number of aryl methyl sites for hydroxylation is 1. The lowest BCUT2D eigenvalue weighted by atomic mass is 10.1. The molecule has 0 radical (unpaired) electrons. The Morgan fingerprint density at radius 1 is 1.42 bits per heavy atom. The van der Waals surface area contributed by atoms with Gasteiger partial charge in [0.15, 0.2) is 0 Å². The molecule has 0 bridgehead atoms. The quantitative estimate of drug-likeness (QED) is 0.631. The summed E-state index contributed by atoms with van der Waals surface area (Å²) in [7, 11) is -3.63. The fourth-order valence-corrected chi connectivity index (χ4v) is 3.65. The molecule has 0 fully saturated rings. The Hall–Kier alpha value is -0.920. The van der Waals surface area contributed by atoms with Crippen molar-refractivity contribution >= 4 is 10.0 Å². The van der Waals surface area contributed by atoms with Crippen LogP contribution in [0.4, 0.5) is 0 Å². The maximum Gasteiger partial charge on any atom is 0.244 e. The lowest BCUT2D eigenvalue weighted by Crippen LogP contribution is -2.33. The zero-order valence-electron chi connectivity index (χ0n) is 11.7. The van der Waals surface area contributed by atoms with E-state index in [-0.39, 0.29) is 16.6 Å². The van der Waals surface area contributed by atoms with Crippen molar-refractivity contribution in [1.82, 2.24) is 14.9 Å². The van der Waals surface area contributed by atoms with E-state index in [1.807, 2.05) is 6.92 Å². The van der Waals surface area contributed by atoms with Crippen molar-refractivity contribution < 1.29 is 13.5 Å². The Kier molecular flexibility index (Phi) is 5.96. The third-order valence-corrected chi connectivity index (χ3v) is 4.77. The monoisotopic (exact) mass is 289 g/mol. The molecule has 1 aromatic rings. The predicted molar refractivity (Wildman–Crippen MR) is 73.2 cm³/mol. The van der Waals surface area contributed by atoms with Gasteiger partial charge in [0, 0.05) is 6.04 Å². The normalized spacial score (nSPS) is 13.7. The molecule has 0 aromatic carbocycles. The third kappa shape index (κ3) is 4.29. The van der Waals surface area contributed by atoms with E-state index in [2.05, 4.69) is 21.8 Å². The molecule has 0 aliphatic carbocycles. The molecule has 3 N–H and O–H groups in total. The Bertz CT molecular complexity index is 496. The number of H-pyrrole nitrogens is 1. The van der Waals surface area contributed by atoms with E-state index in [0.717, 1.165) is 25.7 Å². The molecular formula is C12H23N3O3S. The number of aromatic amines is 1. The molecule has 0 saturated heterocycles. The molecular weight excluding hydrogens is 266 g/mol. The van der Waals surface area contributed by atoms with Crippen LogP contribution >= 0.6 is 0 Å². The maximum absolute atomic E-state index is 12.3. The average Bonchev–Trinajstić information content (AvgIpc) is 2.70. The Morgan fingerprint density at radius 2 is 2.11 bits per heavy atom. The molecule has 0 aliphatic rings. The van der Waals surface area contributed by atoms with E-state index in [9.17, 15) is 8.42 Å². The molecule has 0 amide bonds. The van der Waals surface area contributed by atoms with Crippen molar-refractivity contribution in [3.8, 4) is 0 Å². The zero-order valence-corrected chi connectivity index (χ0v) is 12.5. The lowest BCUT2D eigenvalue weighted by molar-refractivity contribution is 0.273. The van der Waals surface area contributed by atoms with Crippen LogP contribution in [0.25, 0.3) is 0 Å². The molecule has 1 aromatic heterocycles. The van der Waals surface area contributed by atoms with Gasteiger partial charge in [-0.1, -0.05) is 26.2 Å². The van der Waals surface area contributed by atoms with Crippen molar-refractivity contribution in [2.75, 3.05) is 0 Å². The smallest absolute Gasteiger partial charge is 0.244 e. The van der Waals surface area contributed by atoms with Crippen LogP contribution in [-0.2, 0) is 16.6 Å². The van der Waals surface area contributed by atoms with E-state index in [1.54, 1.807) is 6.92 Å². The van der Waals surface area contributed by atoms with Crippen molar-refractivity contribution in [2.24, 2.45) is 0 Å². The molecule has 0 saturated carbocycles. The molecule has 0 spiro atoms. The zero-order chi connectivity index (χ0) is 14.5. The number of nitrogens with zero attached hydrogens (tertiary/aromatic N) is 1. The van der Waals surface area contributed by atoms with Gasteiger partial charge in [0.2, 0.25) is 10.0 Å². The maximum atomic E-state index is 12.3. The van der Waals surface area contributed by atoms with Crippen LogP contribution in [0.2, 0.25) is 0 Å². The molecule has 1 unspecified atom stereocenters. The summed E-state index contributed by atoms with van der Waals surface area (Å²) in [5, 5.41) is 15.5. The van der Waals surface area contributed by atoms with Gasteiger partial charge in [-0.15, -0.1) is 0 Å². The van der Waals surface area contributed by atoms with Crippen molar-refractivity contribution in [2.45, 2.75) is 64.0 Å². The van der Waals surface area contributed by atoms with Gasteiger partial charge in [-0.2, -0.15) is 5.10 Å². The van der Waals surface area contributed by atoms with Gasteiger partial charge in [0.1, 0.15) is 10.6 Å². The summed E-state index contributed by atoms with van der Waals surface area (Å²) >= 11 is 0. The number of hydrogen-bond donors (Lipinski definition) is 3. The SMILES string of the molecule is CCCCCC(C)NS(=O)(=O)c1c(CO)n[nH]c1C. The van der Waals surface area contributed by atoms with Crippen LogP contribution in [0, 0.1) is 6.92 Å². The first-order valence-corrected chi connectivity index (χ1v) is 8.07. The topological polar surface area (TPSA) is 95.1 Å². The van der Waals surface area contributed by atoms with Gasteiger partial charge in [-0.3, -0.25) is 5.10 Å². The summed E-state index contributed by atoms with van der Waals surface area (Å²) in [6.45, 7) is 5.19.